The Labute approximate surface area is 200 Å². The van der Waals surface area contributed by atoms with Gasteiger partial charge in [0.15, 0.2) is 0 Å². The molecular formula is C30H27N3O. The Hall–Kier alpha value is -4.18. The molecule has 0 aliphatic carbocycles. The lowest BCUT2D eigenvalue weighted by atomic mass is 9.86. The van der Waals surface area contributed by atoms with Crippen LogP contribution in [0.4, 0.5) is 5.69 Å². The maximum absolute atomic E-state index is 13.8. The summed E-state index contributed by atoms with van der Waals surface area (Å²) < 4.78 is 0. The van der Waals surface area contributed by atoms with Crippen LogP contribution in [0.1, 0.15) is 28.3 Å². The highest BCUT2D eigenvalue weighted by Gasteiger charge is 2.44. The predicted molar refractivity (Wildman–Crippen MR) is 138 cm³/mol. The lowest BCUT2D eigenvalue weighted by molar-refractivity contribution is -0.123. The molecule has 168 valence electrons. The molecule has 0 bridgehead atoms. The van der Waals surface area contributed by atoms with Gasteiger partial charge >= 0.3 is 0 Å². The molecule has 4 nitrogen and oxygen atoms in total. The lowest BCUT2D eigenvalue weighted by Gasteiger charge is -2.28. The number of carbonyl (C=O) groups is 1. The number of rotatable bonds is 6. The molecule has 1 aliphatic rings. The zero-order chi connectivity index (χ0) is 23.3. The molecule has 0 saturated carbocycles. The van der Waals surface area contributed by atoms with Crippen LogP contribution in [0.2, 0.25) is 0 Å². The summed E-state index contributed by atoms with van der Waals surface area (Å²) in [7, 11) is 0. The van der Waals surface area contributed by atoms with Gasteiger partial charge in [0.05, 0.1) is 17.4 Å². The van der Waals surface area contributed by atoms with Gasteiger partial charge in [-0.3, -0.25) is 9.80 Å². The first-order valence-electron chi connectivity index (χ1n) is 11.6. The lowest BCUT2D eigenvalue weighted by Crippen LogP contribution is -2.39. The molecule has 0 fully saturated rings. The Balaban J connectivity index is 1.55. The van der Waals surface area contributed by atoms with Gasteiger partial charge in [-0.2, -0.15) is 5.10 Å². The fourth-order valence-electron chi connectivity index (χ4n) is 4.43. The zero-order valence-corrected chi connectivity index (χ0v) is 19.1. The van der Waals surface area contributed by atoms with Crippen molar-refractivity contribution in [2.24, 2.45) is 11.0 Å². The van der Waals surface area contributed by atoms with Crippen molar-refractivity contribution in [2.45, 2.75) is 19.5 Å². The monoisotopic (exact) mass is 445 g/mol. The van der Waals surface area contributed by atoms with Crippen molar-refractivity contribution in [3.63, 3.8) is 0 Å². The third kappa shape index (κ3) is 4.48. The van der Waals surface area contributed by atoms with Gasteiger partial charge in [-0.25, -0.2) is 0 Å². The molecule has 34 heavy (non-hydrogen) atoms. The van der Waals surface area contributed by atoms with Crippen molar-refractivity contribution in [1.29, 1.82) is 0 Å². The third-order valence-electron chi connectivity index (χ3n) is 6.19. The molecular weight excluding hydrogens is 418 g/mol. The normalized spacial score (nSPS) is 17.3. The van der Waals surface area contributed by atoms with Gasteiger partial charge in [0, 0.05) is 6.54 Å². The summed E-state index contributed by atoms with van der Waals surface area (Å²) in [6.45, 7) is 2.54. The molecule has 4 aromatic rings. The molecule has 1 aliphatic heterocycles. The Morgan fingerprint density at radius 1 is 0.794 bits per heavy atom. The number of benzene rings is 4. The summed E-state index contributed by atoms with van der Waals surface area (Å²) in [6, 6.07) is 38.2. The minimum atomic E-state index is -0.463. The number of para-hydroxylation sites is 1. The second-order valence-corrected chi connectivity index (χ2v) is 8.57. The number of aryl methyl sites for hydroxylation is 1. The SMILES string of the molecule is Cc1ccc(CNC(=O)C2C(c3ccccc3)=NN(c3ccccc3)C2c2ccccc2)cc1. The first-order chi connectivity index (χ1) is 16.7. The number of hydrogen-bond donors (Lipinski definition) is 1. The van der Waals surface area contributed by atoms with E-state index in [9.17, 15) is 4.79 Å². The van der Waals surface area contributed by atoms with Gasteiger partial charge in [-0.15, -0.1) is 0 Å². The topological polar surface area (TPSA) is 44.7 Å². The predicted octanol–water partition coefficient (Wildman–Crippen LogP) is 5.89. The van der Waals surface area contributed by atoms with Gasteiger partial charge in [0.2, 0.25) is 5.91 Å². The molecule has 1 N–H and O–H groups in total. The molecule has 1 amide bonds. The third-order valence-corrected chi connectivity index (χ3v) is 6.19. The molecule has 0 spiro atoms. The molecule has 4 aromatic carbocycles. The quantitative estimate of drug-likeness (QED) is 0.402. The van der Waals surface area contributed by atoms with Crippen LogP contribution in [0.25, 0.3) is 0 Å². The summed E-state index contributed by atoms with van der Waals surface area (Å²) >= 11 is 0. The van der Waals surface area contributed by atoms with Gasteiger partial charge in [-0.1, -0.05) is 109 Å². The Kier molecular flexibility index (Phi) is 6.21. The van der Waals surface area contributed by atoms with Crippen molar-refractivity contribution in [1.82, 2.24) is 5.32 Å². The van der Waals surface area contributed by atoms with E-state index >= 15 is 0 Å². The van der Waals surface area contributed by atoms with Crippen molar-refractivity contribution in [3.8, 4) is 0 Å². The highest BCUT2D eigenvalue weighted by Crippen LogP contribution is 2.40. The smallest absolute Gasteiger partial charge is 0.232 e. The first-order valence-corrected chi connectivity index (χ1v) is 11.6. The van der Waals surface area contributed by atoms with Crippen LogP contribution in [0, 0.1) is 12.8 Å². The molecule has 0 aromatic heterocycles. The van der Waals surface area contributed by atoms with Crippen LogP contribution >= 0.6 is 0 Å². The Morgan fingerprint density at radius 2 is 1.38 bits per heavy atom. The van der Waals surface area contributed by atoms with Crippen LogP contribution < -0.4 is 10.3 Å². The van der Waals surface area contributed by atoms with E-state index in [2.05, 4.69) is 48.6 Å². The molecule has 0 radical (unpaired) electrons. The van der Waals surface area contributed by atoms with Crippen LogP contribution in [0.3, 0.4) is 0 Å². The summed E-state index contributed by atoms with van der Waals surface area (Å²) in [5.41, 5.74) is 6.02. The minimum Gasteiger partial charge on any atom is -0.351 e. The second-order valence-electron chi connectivity index (χ2n) is 8.57. The minimum absolute atomic E-state index is 0.0320. The van der Waals surface area contributed by atoms with Crippen molar-refractivity contribution >= 4 is 17.3 Å². The maximum Gasteiger partial charge on any atom is 0.232 e. The molecule has 1 heterocycles. The number of amides is 1. The summed E-state index contributed by atoms with van der Waals surface area (Å²) in [4.78, 5) is 13.8. The van der Waals surface area contributed by atoms with E-state index in [-0.39, 0.29) is 11.9 Å². The van der Waals surface area contributed by atoms with Crippen LogP contribution in [-0.4, -0.2) is 11.6 Å². The number of nitrogens with one attached hydrogen (secondary N) is 1. The van der Waals surface area contributed by atoms with E-state index in [1.807, 2.05) is 83.9 Å². The molecule has 0 saturated heterocycles. The van der Waals surface area contributed by atoms with Gasteiger partial charge in [0.1, 0.15) is 5.92 Å². The van der Waals surface area contributed by atoms with E-state index in [1.54, 1.807) is 0 Å². The number of hydrazone groups is 1. The van der Waals surface area contributed by atoms with Gasteiger partial charge in [-0.05, 0) is 35.7 Å². The maximum atomic E-state index is 13.8. The van der Waals surface area contributed by atoms with Crippen molar-refractivity contribution in [3.05, 3.63) is 138 Å². The average molecular weight is 446 g/mol. The molecule has 2 unspecified atom stereocenters. The molecule has 4 heteroatoms. The standard InChI is InChI=1S/C30H27N3O/c1-22-17-19-23(20-18-22)21-31-30(34)27-28(24-11-5-2-6-12-24)32-33(26-15-9-4-10-16-26)29(27)25-13-7-3-8-14-25/h2-20,27,29H,21H2,1H3,(H,31,34). The Morgan fingerprint density at radius 3 is 2.03 bits per heavy atom. The van der Waals surface area contributed by atoms with Gasteiger partial charge in [0.25, 0.3) is 0 Å². The number of nitrogens with zero attached hydrogens (tertiary/aromatic N) is 2. The summed E-state index contributed by atoms with van der Waals surface area (Å²) in [5.74, 6) is -0.495. The fourth-order valence-corrected chi connectivity index (χ4v) is 4.43. The van der Waals surface area contributed by atoms with Crippen molar-refractivity contribution < 1.29 is 4.79 Å². The van der Waals surface area contributed by atoms with E-state index in [0.717, 1.165) is 28.1 Å². The first kappa shape index (κ1) is 21.7. The van der Waals surface area contributed by atoms with E-state index in [1.165, 1.54) is 5.56 Å². The van der Waals surface area contributed by atoms with Crippen LogP contribution in [0.15, 0.2) is 120 Å². The summed E-state index contributed by atoms with van der Waals surface area (Å²) in [5, 5.41) is 10.2. The number of anilines is 1. The second kappa shape index (κ2) is 9.75. The Bertz CT molecular complexity index is 1270. The van der Waals surface area contributed by atoms with Gasteiger partial charge < -0.3 is 5.32 Å². The van der Waals surface area contributed by atoms with Crippen LogP contribution in [-0.2, 0) is 11.3 Å². The number of carbonyl (C=O) groups excluding carboxylic acids is 1. The van der Waals surface area contributed by atoms with E-state index in [0.29, 0.717) is 6.54 Å². The van der Waals surface area contributed by atoms with E-state index in [4.69, 9.17) is 5.10 Å². The largest absolute Gasteiger partial charge is 0.351 e. The highest BCUT2D eigenvalue weighted by molar-refractivity contribution is 6.15. The highest BCUT2D eigenvalue weighted by atomic mass is 16.2. The molecule has 2 atom stereocenters. The van der Waals surface area contributed by atoms with E-state index < -0.39 is 5.92 Å². The van der Waals surface area contributed by atoms with Crippen LogP contribution in [0.5, 0.6) is 0 Å². The fraction of sp³-hybridized carbons (Fsp3) is 0.133. The number of hydrogen-bond acceptors (Lipinski definition) is 3. The summed E-state index contributed by atoms with van der Waals surface area (Å²) in [6.07, 6.45) is 0. The zero-order valence-electron chi connectivity index (χ0n) is 19.1. The average Bonchev–Trinajstić information content (AvgIpc) is 3.31. The van der Waals surface area contributed by atoms with Crippen molar-refractivity contribution in [2.75, 3.05) is 5.01 Å². The molecule has 5 rings (SSSR count).